The molecule has 0 aliphatic carbocycles. The topological polar surface area (TPSA) is 52.2 Å². The summed E-state index contributed by atoms with van der Waals surface area (Å²) < 4.78 is 22.1. The van der Waals surface area contributed by atoms with Gasteiger partial charge in [0.2, 0.25) is 0 Å². The second-order valence-corrected chi connectivity index (χ2v) is 8.26. The Bertz CT molecular complexity index is 992. The van der Waals surface area contributed by atoms with Gasteiger partial charge in [0.25, 0.3) is 0 Å². The quantitative estimate of drug-likeness (QED) is 0.469. The molecular weight excluding hydrogens is 424 g/mol. The van der Waals surface area contributed by atoms with E-state index in [9.17, 15) is 0 Å². The van der Waals surface area contributed by atoms with Gasteiger partial charge in [0, 0.05) is 13.1 Å². The first-order valence-electron chi connectivity index (χ1n) is 10.6. The van der Waals surface area contributed by atoms with E-state index in [1.807, 2.05) is 19.1 Å². The number of fused-ring (bicyclic) bond motifs is 1. The van der Waals surface area contributed by atoms with Crippen LogP contribution in [0.1, 0.15) is 29.7 Å². The zero-order valence-electron chi connectivity index (χ0n) is 19.5. The van der Waals surface area contributed by atoms with Crippen LogP contribution in [0.3, 0.4) is 0 Å². The summed E-state index contributed by atoms with van der Waals surface area (Å²) in [5.74, 6) is 2.88. The number of hydrogen-bond acceptors (Lipinski definition) is 5. The van der Waals surface area contributed by atoms with Crippen LogP contribution in [-0.2, 0) is 12.8 Å². The number of thiocarbonyl (C=S) groups is 1. The van der Waals surface area contributed by atoms with Gasteiger partial charge in [-0.15, -0.1) is 0 Å². The van der Waals surface area contributed by atoms with E-state index in [1.54, 1.807) is 28.4 Å². The molecule has 0 radical (unpaired) electrons. The van der Waals surface area contributed by atoms with E-state index in [4.69, 9.17) is 31.2 Å². The zero-order valence-corrected chi connectivity index (χ0v) is 20.3. The summed E-state index contributed by atoms with van der Waals surface area (Å²) in [5, 5.41) is 4.07. The standard InChI is InChI=1S/C25H32N2O4S/c1-16(2)15-26-25(32)27-10-9-18-13-23(30-5)24(31-6)14-19(18)20(27)11-17-7-8-21(28-3)22(12-17)29-4/h7-8,12-14,20H,1,9-11,15H2,2-6H3,(H,26,32)/t20-/m1/s1. The van der Waals surface area contributed by atoms with Gasteiger partial charge in [-0.1, -0.05) is 18.2 Å². The van der Waals surface area contributed by atoms with Crippen LogP contribution in [0.2, 0.25) is 0 Å². The molecule has 2 aromatic carbocycles. The Morgan fingerprint density at radius 3 is 2.25 bits per heavy atom. The first-order valence-corrected chi connectivity index (χ1v) is 11.0. The van der Waals surface area contributed by atoms with E-state index in [1.165, 1.54) is 11.1 Å². The highest BCUT2D eigenvalue weighted by molar-refractivity contribution is 7.80. The Morgan fingerprint density at radius 2 is 1.62 bits per heavy atom. The molecule has 1 atom stereocenters. The van der Waals surface area contributed by atoms with Crippen LogP contribution in [0, 0.1) is 0 Å². The molecule has 0 fully saturated rings. The van der Waals surface area contributed by atoms with Crippen LogP contribution in [0.4, 0.5) is 0 Å². The van der Waals surface area contributed by atoms with Crippen molar-refractivity contribution in [2.24, 2.45) is 0 Å². The SMILES string of the molecule is C=C(C)CNC(=S)N1CCc2cc(OC)c(OC)cc2[C@H]1Cc1ccc(OC)c(OC)c1. The molecule has 32 heavy (non-hydrogen) atoms. The van der Waals surface area contributed by atoms with Gasteiger partial charge in [-0.2, -0.15) is 0 Å². The van der Waals surface area contributed by atoms with Crippen molar-refractivity contribution in [2.45, 2.75) is 25.8 Å². The fraction of sp³-hybridized carbons (Fsp3) is 0.400. The summed E-state index contributed by atoms with van der Waals surface area (Å²) in [5.41, 5.74) is 4.59. The molecule has 1 aliphatic heterocycles. The van der Waals surface area contributed by atoms with Crippen molar-refractivity contribution in [1.29, 1.82) is 0 Å². The van der Waals surface area contributed by atoms with Gasteiger partial charge in [0.05, 0.1) is 34.5 Å². The summed E-state index contributed by atoms with van der Waals surface area (Å²) in [7, 11) is 6.62. The molecule has 0 bridgehead atoms. The van der Waals surface area contributed by atoms with Gasteiger partial charge in [-0.05, 0) is 72.9 Å². The normalized spacial score (nSPS) is 14.9. The molecule has 0 spiro atoms. The Kier molecular flexibility index (Phi) is 7.85. The zero-order chi connectivity index (χ0) is 23.3. The number of methoxy groups -OCH3 is 4. The Hall–Kier alpha value is -2.93. The van der Waals surface area contributed by atoms with Crippen molar-refractivity contribution in [3.63, 3.8) is 0 Å². The first kappa shape index (κ1) is 23.7. The van der Waals surface area contributed by atoms with E-state index >= 15 is 0 Å². The van der Waals surface area contributed by atoms with Crippen molar-refractivity contribution < 1.29 is 18.9 Å². The van der Waals surface area contributed by atoms with Crippen molar-refractivity contribution >= 4 is 17.3 Å². The van der Waals surface area contributed by atoms with Gasteiger partial charge < -0.3 is 29.2 Å². The van der Waals surface area contributed by atoms with Crippen LogP contribution in [0.5, 0.6) is 23.0 Å². The number of ether oxygens (including phenoxy) is 4. The summed E-state index contributed by atoms with van der Waals surface area (Å²) in [6.07, 6.45) is 1.62. The molecule has 0 saturated heterocycles. The Labute approximate surface area is 196 Å². The molecule has 1 N–H and O–H groups in total. The fourth-order valence-corrected chi connectivity index (χ4v) is 4.34. The average molecular weight is 457 g/mol. The lowest BCUT2D eigenvalue weighted by Crippen LogP contribution is -2.46. The molecule has 7 heteroatoms. The lowest BCUT2D eigenvalue weighted by atomic mass is 9.88. The lowest BCUT2D eigenvalue weighted by molar-refractivity contribution is 0.289. The third-order valence-corrected chi connectivity index (χ3v) is 6.06. The number of benzene rings is 2. The minimum absolute atomic E-state index is 0.0294. The molecule has 3 rings (SSSR count). The maximum Gasteiger partial charge on any atom is 0.169 e. The van der Waals surface area contributed by atoms with Crippen LogP contribution in [0.15, 0.2) is 42.5 Å². The van der Waals surface area contributed by atoms with E-state index in [0.29, 0.717) is 23.8 Å². The van der Waals surface area contributed by atoms with Crippen LogP contribution >= 0.6 is 12.2 Å². The van der Waals surface area contributed by atoms with Crippen molar-refractivity contribution in [1.82, 2.24) is 10.2 Å². The minimum Gasteiger partial charge on any atom is -0.493 e. The van der Waals surface area contributed by atoms with E-state index in [2.05, 4.69) is 35.0 Å². The maximum atomic E-state index is 5.79. The highest BCUT2D eigenvalue weighted by Crippen LogP contribution is 2.40. The maximum absolute atomic E-state index is 5.79. The van der Waals surface area contributed by atoms with Gasteiger partial charge in [0.1, 0.15) is 0 Å². The van der Waals surface area contributed by atoms with Crippen molar-refractivity contribution in [2.75, 3.05) is 41.5 Å². The smallest absolute Gasteiger partial charge is 0.169 e. The highest BCUT2D eigenvalue weighted by Gasteiger charge is 2.31. The molecule has 172 valence electrons. The van der Waals surface area contributed by atoms with E-state index in [0.717, 1.165) is 41.4 Å². The van der Waals surface area contributed by atoms with Gasteiger partial charge >= 0.3 is 0 Å². The van der Waals surface area contributed by atoms with Crippen LogP contribution in [0.25, 0.3) is 0 Å². The predicted octanol–water partition coefficient (Wildman–Crippen LogP) is 4.31. The third-order valence-electron chi connectivity index (χ3n) is 5.68. The third kappa shape index (κ3) is 5.10. The molecule has 0 aromatic heterocycles. The summed E-state index contributed by atoms with van der Waals surface area (Å²) in [6.45, 7) is 7.42. The highest BCUT2D eigenvalue weighted by atomic mass is 32.1. The van der Waals surface area contributed by atoms with Gasteiger partial charge in [-0.25, -0.2) is 0 Å². The summed E-state index contributed by atoms with van der Waals surface area (Å²) in [4.78, 5) is 2.25. The van der Waals surface area contributed by atoms with Crippen LogP contribution in [-0.4, -0.2) is 51.5 Å². The fourth-order valence-electron chi connectivity index (χ4n) is 4.05. The largest absolute Gasteiger partial charge is 0.493 e. The second-order valence-electron chi connectivity index (χ2n) is 7.87. The monoisotopic (exact) mass is 456 g/mol. The molecule has 1 aliphatic rings. The number of hydrogen-bond donors (Lipinski definition) is 1. The molecule has 0 amide bonds. The summed E-state index contributed by atoms with van der Waals surface area (Å²) in [6, 6.07) is 10.2. The molecule has 0 saturated carbocycles. The summed E-state index contributed by atoms with van der Waals surface area (Å²) >= 11 is 5.79. The number of nitrogens with zero attached hydrogens (tertiary/aromatic N) is 1. The molecule has 1 heterocycles. The predicted molar refractivity (Wildman–Crippen MR) is 131 cm³/mol. The average Bonchev–Trinajstić information content (AvgIpc) is 2.81. The van der Waals surface area contributed by atoms with Crippen molar-refractivity contribution in [3.8, 4) is 23.0 Å². The molecule has 2 aromatic rings. The van der Waals surface area contributed by atoms with Gasteiger partial charge in [0.15, 0.2) is 28.1 Å². The van der Waals surface area contributed by atoms with Gasteiger partial charge in [-0.3, -0.25) is 0 Å². The first-order chi connectivity index (χ1) is 15.4. The lowest BCUT2D eigenvalue weighted by Gasteiger charge is -2.39. The number of rotatable bonds is 8. The Morgan fingerprint density at radius 1 is 1.00 bits per heavy atom. The number of nitrogens with one attached hydrogen (secondary N) is 1. The molecule has 0 unspecified atom stereocenters. The van der Waals surface area contributed by atoms with E-state index < -0.39 is 0 Å². The second kappa shape index (κ2) is 10.6. The van der Waals surface area contributed by atoms with Crippen molar-refractivity contribution in [3.05, 3.63) is 59.2 Å². The van der Waals surface area contributed by atoms with Crippen LogP contribution < -0.4 is 24.3 Å². The minimum atomic E-state index is 0.0294. The molecule has 6 nitrogen and oxygen atoms in total. The Balaban J connectivity index is 2.01. The molecular formula is C25H32N2O4S. The van der Waals surface area contributed by atoms with E-state index in [-0.39, 0.29) is 6.04 Å².